The molecule has 0 aliphatic heterocycles. The average Bonchev–Trinajstić information content (AvgIpc) is 3.12. The fraction of sp³-hybridized carbons (Fsp3) is 0.381. The molecule has 0 N–H and O–H groups in total. The van der Waals surface area contributed by atoms with Crippen LogP contribution in [0.25, 0.3) is 10.9 Å². The van der Waals surface area contributed by atoms with Crippen molar-refractivity contribution in [2.45, 2.75) is 36.8 Å². The molecule has 1 aliphatic rings. The number of rotatable bonds is 8. The number of carbonyl (C=O) groups excluding carboxylic acids is 1. The van der Waals surface area contributed by atoms with Crippen LogP contribution in [0.2, 0.25) is 0 Å². The van der Waals surface area contributed by atoms with Crippen LogP contribution in [0.5, 0.6) is 5.75 Å². The Balaban J connectivity index is 2.00. The third-order valence-electron chi connectivity index (χ3n) is 4.99. The number of methoxy groups -OCH3 is 3. The van der Waals surface area contributed by atoms with Gasteiger partial charge in [0.2, 0.25) is 9.84 Å². The number of hydrogen-bond acceptors (Lipinski definition) is 6. The number of allylic oxidation sites excluding steroid dienone is 1. The number of aryl methyl sites for hydroxylation is 1. The summed E-state index contributed by atoms with van der Waals surface area (Å²) >= 11 is 0. The van der Waals surface area contributed by atoms with Gasteiger partial charge in [-0.25, -0.2) is 8.42 Å². The highest BCUT2D eigenvalue weighted by atomic mass is 32.2. The highest BCUT2D eigenvalue weighted by Crippen LogP contribution is 2.33. The van der Waals surface area contributed by atoms with Crippen LogP contribution in [0, 0.1) is 0 Å². The molecule has 0 fully saturated rings. The molecule has 0 spiro atoms. The lowest BCUT2D eigenvalue weighted by Gasteiger charge is -2.14. The summed E-state index contributed by atoms with van der Waals surface area (Å²) in [6, 6.07) is 5.30. The second kappa shape index (κ2) is 8.84. The first-order valence-electron chi connectivity index (χ1n) is 9.30. The van der Waals surface area contributed by atoms with Gasteiger partial charge in [0.25, 0.3) is 0 Å². The van der Waals surface area contributed by atoms with Crippen LogP contribution in [0.3, 0.4) is 0 Å². The van der Waals surface area contributed by atoms with Crippen LogP contribution in [-0.4, -0.2) is 46.4 Å². The maximum Gasteiger partial charge on any atom is 0.305 e. The first-order chi connectivity index (χ1) is 13.9. The molecule has 0 amide bonds. The quantitative estimate of drug-likeness (QED) is 0.611. The highest BCUT2D eigenvalue weighted by molar-refractivity contribution is 7.95. The maximum atomic E-state index is 13.3. The first-order valence-corrected chi connectivity index (χ1v) is 10.8. The van der Waals surface area contributed by atoms with Crippen molar-refractivity contribution in [2.24, 2.45) is 0 Å². The molecule has 0 radical (unpaired) electrons. The number of fused-ring (bicyclic) bond motifs is 1. The lowest BCUT2D eigenvalue weighted by atomic mass is 10.1. The number of esters is 1. The third-order valence-corrected chi connectivity index (χ3v) is 6.82. The van der Waals surface area contributed by atoms with E-state index < -0.39 is 9.84 Å². The van der Waals surface area contributed by atoms with Crippen LogP contribution in [-0.2, 0) is 30.7 Å². The van der Waals surface area contributed by atoms with Crippen molar-refractivity contribution in [2.75, 3.05) is 21.3 Å². The second-order valence-corrected chi connectivity index (χ2v) is 8.65. The predicted octanol–water partition coefficient (Wildman–Crippen LogP) is 3.24. The number of nitrogens with zero attached hydrogens (tertiary/aromatic N) is 1. The van der Waals surface area contributed by atoms with Crippen LogP contribution >= 0.6 is 0 Å². The standard InChI is InChI=1S/C21H25NO6S/c1-26-15-6-9-17(10-7-15)29(24,25)20-14-22(12-4-5-21(23)28-3)19-13-16(27-2)8-11-18(19)20/h6,8-11,13-15H,4-5,7,12H2,1-3H3. The Bertz CT molecular complexity index is 1060. The highest BCUT2D eigenvalue weighted by Gasteiger charge is 2.26. The van der Waals surface area contributed by atoms with E-state index in [9.17, 15) is 13.2 Å². The van der Waals surface area contributed by atoms with Gasteiger partial charge in [-0.3, -0.25) is 4.79 Å². The zero-order valence-corrected chi connectivity index (χ0v) is 17.6. The van der Waals surface area contributed by atoms with Gasteiger partial charge in [-0.1, -0.05) is 12.2 Å². The molecule has 1 aliphatic carbocycles. The number of carbonyl (C=O) groups is 1. The largest absolute Gasteiger partial charge is 0.497 e. The van der Waals surface area contributed by atoms with Gasteiger partial charge >= 0.3 is 5.97 Å². The number of sulfone groups is 1. The summed E-state index contributed by atoms with van der Waals surface area (Å²) < 4.78 is 43.7. The molecule has 1 atom stereocenters. The molecule has 7 nitrogen and oxygen atoms in total. The molecule has 3 rings (SSSR count). The molecule has 1 aromatic carbocycles. The number of benzene rings is 1. The van der Waals surface area contributed by atoms with Gasteiger partial charge in [-0.2, -0.15) is 0 Å². The molecular formula is C21H25NO6S. The van der Waals surface area contributed by atoms with Gasteiger partial charge in [0, 0.05) is 37.7 Å². The van der Waals surface area contributed by atoms with E-state index >= 15 is 0 Å². The Morgan fingerprint density at radius 3 is 2.66 bits per heavy atom. The van der Waals surface area contributed by atoms with Gasteiger partial charge < -0.3 is 18.8 Å². The molecular weight excluding hydrogens is 394 g/mol. The third kappa shape index (κ3) is 4.38. The summed E-state index contributed by atoms with van der Waals surface area (Å²) in [4.78, 5) is 11.9. The van der Waals surface area contributed by atoms with E-state index in [1.807, 2.05) is 4.57 Å². The summed E-state index contributed by atoms with van der Waals surface area (Å²) in [5.74, 6) is 0.338. The molecule has 156 valence electrons. The van der Waals surface area contributed by atoms with Crippen LogP contribution in [0.4, 0.5) is 0 Å². The Morgan fingerprint density at radius 2 is 2.03 bits per heavy atom. The van der Waals surface area contributed by atoms with E-state index in [-0.39, 0.29) is 28.3 Å². The Labute approximate surface area is 170 Å². The van der Waals surface area contributed by atoms with E-state index in [0.29, 0.717) is 30.5 Å². The fourth-order valence-electron chi connectivity index (χ4n) is 3.34. The summed E-state index contributed by atoms with van der Waals surface area (Å²) in [6.45, 7) is 0.481. The lowest BCUT2D eigenvalue weighted by molar-refractivity contribution is -0.140. The Hall–Kier alpha value is -2.58. The Kier molecular flexibility index (Phi) is 6.44. The van der Waals surface area contributed by atoms with Crippen LogP contribution in [0.1, 0.15) is 19.3 Å². The van der Waals surface area contributed by atoms with Crippen molar-refractivity contribution in [1.29, 1.82) is 0 Å². The van der Waals surface area contributed by atoms with E-state index in [2.05, 4.69) is 4.74 Å². The molecule has 1 aromatic heterocycles. The molecule has 29 heavy (non-hydrogen) atoms. The maximum absolute atomic E-state index is 13.3. The smallest absolute Gasteiger partial charge is 0.305 e. The SMILES string of the molecule is COC(=O)CCCn1cc(S(=O)(=O)C2=CCC(OC)C=C2)c2ccc(OC)cc21. The topological polar surface area (TPSA) is 83.8 Å². The zero-order chi connectivity index (χ0) is 21.0. The average molecular weight is 419 g/mol. The molecule has 0 saturated carbocycles. The van der Waals surface area contributed by atoms with Crippen molar-refractivity contribution in [1.82, 2.24) is 4.57 Å². The van der Waals surface area contributed by atoms with E-state index in [0.717, 1.165) is 5.52 Å². The molecule has 0 saturated heterocycles. The number of aromatic nitrogens is 1. The van der Waals surface area contributed by atoms with Crippen molar-refractivity contribution < 1.29 is 27.4 Å². The zero-order valence-electron chi connectivity index (χ0n) is 16.8. The summed E-state index contributed by atoms with van der Waals surface area (Å²) in [7, 11) is 0.808. The van der Waals surface area contributed by atoms with Crippen molar-refractivity contribution >= 4 is 26.7 Å². The molecule has 1 unspecified atom stereocenters. The van der Waals surface area contributed by atoms with Gasteiger partial charge in [0.05, 0.1) is 35.6 Å². The molecule has 8 heteroatoms. The minimum absolute atomic E-state index is 0.113. The number of hydrogen-bond donors (Lipinski definition) is 0. The second-order valence-electron chi connectivity index (χ2n) is 6.73. The first kappa shape index (κ1) is 21.1. The molecule has 1 heterocycles. The number of ether oxygens (including phenoxy) is 3. The van der Waals surface area contributed by atoms with E-state index in [1.54, 1.807) is 56.8 Å². The monoisotopic (exact) mass is 419 g/mol. The fourth-order valence-corrected chi connectivity index (χ4v) is 4.90. The van der Waals surface area contributed by atoms with E-state index in [1.165, 1.54) is 7.11 Å². The van der Waals surface area contributed by atoms with Gasteiger partial charge in [0.1, 0.15) is 5.75 Å². The Morgan fingerprint density at radius 1 is 1.24 bits per heavy atom. The van der Waals surface area contributed by atoms with Crippen LogP contribution < -0.4 is 4.74 Å². The van der Waals surface area contributed by atoms with Crippen molar-refractivity contribution in [3.05, 3.63) is 47.5 Å². The summed E-state index contributed by atoms with van der Waals surface area (Å²) in [6.07, 6.45) is 7.86. The minimum Gasteiger partial charge on any atom is -0.497 e. The predicted molar refractivity (Wildman–Crippen MR) is 110 cm³/mol. The summed E-state index contributed by atoms with van der Waals surface area (Å²) in [5, 5.41) is 0.618. The van der Waals surface area contributed by atoms with Gasteiger partial charge in [-0.05, 0) is 31.1 Å². The normalized spacial score (nSPS) is 16.7. The molecule has 0 bridgehead atoms. The van der Waals surface area contributed by atoms with Gasteiger partial charge in [-0.15, -0.1) is 0 Å². The van der Waals surface area contributed by atoms with Gasteiger partial charge in [0.15, 0.2) is 0 Å². The summed E-state index contributed by atoms with van der Waals surface area (Å²) in [5.41, 5.74) is 0.739. The van der Waals surface area contributed by atoms with E-state index in [4.69, 9.17) is 9.47 Å². The lowest BCUT2D eigenvalue weighted by Crippen LogP contribution is -2.12. The minimum atomic E-state index is -3.70. The van der Waals surface area contributed by atoms with Crippen molar-refractivity contribution in [3.63, 3.8) is 0 Å². The van der Waals surface area contributed by atoms with Crippen molar-refractivity contribution in [3.8, 4) is 5.75 Å². The molecule has 2 aromatic rings. The van der Waals surface area contributed by atoms with Crippen LogP contribution in [0.15, 0.2) is 52.4 Å².